The number of pyridine rings is 1. The van der Waals surface area contributed by atoms with Gasteiger partial charge in [-0.3, -0.25) is 9.29 Å². The summed E-state index contributed by atoms with van der Waals surface area (Å²) in [5, 5.41) is 0. The molecular weight excluding hydrogens is 512 g/mol. The van der Waals surface area contributed by atoms with E-state index in [0.717, 1.165) is 35.7 Å². The molecule has 7 nitrogen and oxygen atoms in total. The molecule has 6 rings (SSSR count). The lowest BCUT2D eigenvalue weighted by Crippen LogP contribution is -2.20. The Bertz CT molecular complexity index is 1760. The van der Waals surface area contributed by atoms with Crippen molar-refractivity contribution in [3.63, 3.8) is 0 Å². The molecule has 1 N–H and O–H groups in total. The standard InChI is InChI=1S/C28H25F2N3O4S/c1-16(20-5-2-3-6-21(20)19-12-17-9-10-18(11-17)13-19)33-23-14-22(29)25(15-24(23)37-28(33)34)38(35,36)32-27-8-4-7-26(30)31-27/h2-8,12,14-18H,9-11,13H2,1H3,(H,31,32)/t16-,17-,18+/m1/s1. The number of nitrogens with one attached hydrogen (secondary N) is 1. The van der Waals surface area contributed by atoms with Gasteiger partial charge in [-0.2, -0.15) is 4.39 Å². The van der Waals surface area contributed by atoms with Crippen LogP contribution >= 0.6 is 0 Å². The zero-order valence-electron chi connectivity index (χ0n) is 20.5. The molecule has 2 aromatic heterocycles. The molecule has 2 bridgehead atoms. The van der Waals surface area contributed by atoms with Crippen molar-refractivity contribution in [2.45, 2.75) is 43.5 Å². The Balaban J connectivity index is 1.40. The van der Waals surface area contributed by atoms with Crippen LogP contribution in [0.15, 0.2) is 74.8 Å². The lowest BCUT2D eigenvalue weighted by Gasteiger charge is -2.24. The minimum atomic E-state index is -4.49. The summed E-state index contributed by atoms with van der Waals surface area (Å²) in [7, 11) is -4.49. The number of nitrogens with zero attached hydrogens (tertiary/aromatic N) is 2. The monoisotopic (exact) mass is 537 g/mol. The summed E-state index contributed by atoms with van der Waals surface area (Å²) in [6.07, 6.45) is 6.99. The Morgan fingerprint density at radius 1 is 1.11 bits per heavy atom. The summed E-state index contributed by atoms with van der Waals surface area (Å²) >= 11 is 0. The number of oxazole rings is 1. The van der Waals surface area contributed by atoms with Crippen LogP contribution in [0.25, 0.3) is 16.7 Å². The number of sulfonamides is 1. The first-order valence-electron chi connectivity index (χ1n) is 12.5. The molecule has 4 aromatic rings. The second-order valence-electron chi connectivity index (χ2n) is 10.0. The third-order valence-corrected chi connectivity index (χ3v) is 8.95. The SMILES string of the molecule is C[C@H](c1ccccc1C1=C[C@@H]2CC[C@H](C1)C2)n1c(=O)oc2cc(S(=O)(=O)Nc3cccc(F)n3)c(F)cc21. The molecule has 1 saturated carbocycles. The van der Waals surface area contributed by atoms with Crippen LogP contribution in [0.5, 0.6) is 0 Å². The highest BCUT2D eigenvalue weighted by molar-refractivity contribution is 7.92. The van der Waals surface area contributed by atoms with Gasteiger partial charge >= 0.3 is 5.76 Å². The fourth-order valence-corrected chi connectivity index (χ4v) is 6.95. The number of aromatic nitrogens is 2. The number of hydrogen-bond donors (Lipinski definition) is 1. The van der Waals surface area contributed by atoms with Crippen LogP contribution in [0.4, 0.5) is 14.6 Å². The maximum absolute atomic E-state index is 15.2. The van der Waals surface area contributed by atoms with Crippen molar-refractivity contribution in [2.24, 2.45) is 11.8 Å². The smallest absolute Gasteiger partial charge is 0.408 e. The summed E-state index contributed by atoms with van der Waals surface area (Å²) in [5.41, 5.74) is 3.28. The lowest BCUT2D eigenvalue weighted by atomic mass is 9.83. The summed E-state index contributed by atoms with van der Waals surface area (Å²) in [5.74, 6) is -1.76. The van der Waals surface area contributed by atoms with E-state index in [1.165, 1.54) is 41.5 Å². The third-order valence-electron chi connectivity index (χ3n) is 7.58. The Labute approximate surface area is 217 Å². The maximum Gasteiger partial charge on any atom is 0.420 e. The number of benzene rings is 2. The molecule has 2 aliphatic carbocycles. The fourth-order valence-electron chi connectivity index (χ4n) is 5.87. The Hall–Kier alpha value is -3.79. The number of halogens is 2. The second kappa shape index (κ2) is 9.20. The van der Waals surface area contributed by atoms with E-state index in [4.69, 9.17) is 4.42 Å². The number of anilines is 1. The average molecular weight is 538 g/mol. The van der Waals surface area contributed by atoms with Crippen molar-refractivity contribution in [3.8, 4) is 0 Å². The van der Waals surface area contributed by atoms with E-state index >= 15 is 4.39 Å². The Kier molecular flexibility index (Phi) is 5.94. The van der Waals surface area contributed by atoms with E-state index in [1.54, 1.807) is 0 Å². The molecule has 0 spiro atoms. The van der Waals surface area contributed by atoms with Crippen LogP contribution in [-0.4, -0.2) is 18.0 Å². The molecule has 3 atom stereocenters. The number of rotatable bonds is 6. The lowest BCUT2D eigenvalue weighted by molar-refractivity contribution is 0.488. The largest absolute Gasteiger partial charge is 0.420 e. The summed E-state index contributed by atoms with van der Waals surface area (Å²) in [4.78, 5) is 15.7. The van der Waals surface area contributed by atoms with Crippen molar-refractivity contribution in [1.29, 1.82) is 0 Å². The van der Waals surface area contributed by atoms with E-state index in [0.29, 0.717) is 11.8 Å². The predicted octanol–water partition coefficient (Wildman–Crippen LogP) is 5.88. The van der Waals surface area contributed by atoms with Gasteiger partial charge in [0.15, 0.2) is 5.58 Å². The Morgan fingerprint density at radius 3 is 2.71 bits per heavy atom. The quantitative estimate of drug-likeness (QED) is 0.310. The van der Waals surface area contributed by atoms with Gasteiger partial charge in [-0.05, 0) is 73.3 Å². The maximum atomic E-state index is 15.2. The normalized spacial score (nSPS) is 19.9. The molecule has 1 fully saturated rings. The van der Waals surface area contributed by atoms with Crippen molar-refractivity contribution in [2.75, 3.05) is 4.72 Å². The molecule has 2 aliphatic rings. The van der Waals surface area contributed by atoms with Crippen LogP contribution in [0.2, 0.25) is 0 Å². The van der Waals surface area contributed by atoms with Crippen molar-refractivity contribution in [1.82, 2.24) is 9.55 Å². The number of allylic oxidation sites excluding steroid dienone is 2. The summed E-state index contributed by atoms with van der Waals surface area (Å²) in [6, 6.07) is 12.9. The van der Waals surface area contributed by atoms with Crippen LogP contribution in [0, 0.1) is 23.6 Å². The first kappa shape index (κ1) is 24.5. The topological polar surface area (TPSA) is 94.2 Å². The molecule has 38 heavy (non-hydrogen) atoms. The van der Waals surface area contributed by atoms with Gasteiger partial charge in [0.05, 0.1) is 11.6 Å². The van der Waals surface area contributed by atoms with Crippen LogP contribution in [0.3, 0.4) is 0 Å². The van der Waals surface area contributed by atoms with Crippen LogP contribution in [0.1, 0.15) is 49.8 Å². The number of fused-ring (bicyclic) bond motifs is 3. The van der Waals surface area contributed by atoms with Gasteiger partial charge < -0.3 is 4.42 Å². The first-order valence-corrected chi connectivity index (χ1v) is 14.0. The first-order chi connectivity index (χ1) is 18.2. The molecule has 0 aliphatic heterocycles. The van der Waals surface area contributed by atoms with E-state index in [-0.39, 0.29) is 16.9 Å². The molecule has 2 aromatic carbocycles. The van der Waals surface area contributed by atoms with E-state index in [2.05, 4.69) is 15.8 Å². The van der Waals surface area contributed by atoms with Crippen molar-refractivity contribution < 1.29 is 21.6 Å². The summed E-state index contributed by atoms with van der Waals surface area (Å²) < 4.78 is 63.1. The molecule has 0 saturated heterocycles. The van der Waals surface area contributed by atoms with E-state index in [9.17, 15) is 17.6 Å². The summed E-state index contributed by atoms with van der Waals surface area (Å²) in [6.45, 7) is 1.84. The van der Waals surface area contributed by atoms with Crippen LogP contribution < -0.4 is 10.5 Å². The van der Waals surface area contributed by atoms with E-state index in [1.807, 2.05) is 31.2 Å². The molecule has 196 valence electrons. The minimum absolute atomic E-state index is 0.0803. The molecule has 10 heteroatoms. The van der Waals surface area contributed by atoms with Crippen molar-refractivity contribution >= 4 is 32.5 Å². The van der Waals surface area contributed by atoms with Gasteiger partial charge in [0.2, 0.25) is 5.95 Å². The zero-order chi connectivity index (χ0) is 26.6. The second-order valence-corrected chi connectivity index (χ2v) is 11.7. The predicted molar refractivity (Wildman–Crippen MR) is 139 cm³/mol. The highest BCUT2D eigenvalue weighted by Crippen LogP contribution is 2.45. The van der Waals surface area contributed by atoms with Gasteiger partial charge in [-0.15, -0.1) is 0 Å². The fraction of sp³-hybridized carbons (Fsp3) is 0.286. The molecule has 0 amide bonds. The van der Waals surface area contributed by atoms with Gasteiger partial charge in [0.1, 0.15) is 16.5 Å². The average Bonchev–Trinajstić information content (AvgIpc) is 3.39. The molecule has 0 unspecified atom stereocenters. The molecular formula is C28H25F2N3O4S. The van der Waals surface area contributed by atoms with Gasteiger partial charge in [0, 0.05) is 12.1 Å². The van der Waals surface area contributed by atoms with Crippen molar-refractivity contribution in [3.05, 3.63) is 94.1 Å². The highest BCUT2D eigenvalue weighted by atomic mass is 32.2. The van der Waals surface area contributed by atoms with Crippen LogP contribution in [-0.2, 0) is 10.0 Å². The Morgan fingerprint density at radius 2 is 1.92 bits per heavy atom. The van der Waals surface area contributed by atoms with Gasteiger partial charge in [-0.1, -0.05) is 36.4 Å². The zero-order valence-corrected chi connectivity index (χ0v) is 21.3. The number of hydrogen-bond acceptors (Lipinski definition) is 5. The molecule has 0 radical (unpaired) electrons. The van der Waals surface area contributed by atoms with Gasteiger partial charge in [0.25, 0.3) is 10.0 Å². The minimum Gasteiger partial charge on any atom is -0.408 e. The van der Waals surface area contributed by atoms with Gasteiger partial charge in [-0.25, -0.2) is 22.6 Å². The molecule has 2 heterocycles. The van der Waals surface area contributed by atoms with E-state index < -0.39 is 38.5 Å². The third kappa shape index (κ3) is 4.32. The highest BCUT2D eigenvalue weighted by Gasteiger charge is 2.31.